The van der Waals surface area contributed by atoms with Crippen molar-refractivity contribution in [1.29, 1.82) is 0 Å². The number of aliphatic hydroxyl groups excluding tert-OH is 1. The van der Waals surface area contributed by atoms with E-state index in [0.717, 1.165) is 7.11 Å². The van der Waals surface area contributed by atoms with Gasteiger partial charge in [0.05, 0.1) is 0 Å². The van der Waals surface area contributed by atoms with Crippen LogP contribution < -0.4 is 5.32 Å². The monoisotopic (exact) mass is 151 g/mol. The maximum absolute atomic E-state index is 7.00. The molecule has 3 heteroatoms. The van der Waals surface area contributed by atoms with Gasteiger partial charge in [-0.3, -0.25) is 0 Å². The number of aliphatic hydroxyl groups is 1. The van der Waals surface area contributed by atoms with Crippen molar-refractivity contribution < 1.29 is 10.6 Å². The normalized spacial score (nSPS) is 13.2. The van der Waals surface area contributed by atoms with E-state index in [0.29, 0.717) is 0 Å². The van der Waals surface area contributed by atoms with Gasteiger partial charge in [0.15, 0.2) is 0 Å². The lowest BCUT2D eigenvalue weighted by Crippen LogP contribution is -2.03. The highest BCUT2D eigenvalue weighted by atomic mass is 16.2. The molecule has 10 heavy (non-hydrogen) atoms. The lowest BCUT2D eigenvalue weighted by atomic mass is 10.4. The summed E-state index contributed by atoms with van der Waals surface area (Å²) in [4.78, 5) is 0. The van der Waals surface area contributed by atoms with Crippen LogP contribution in [0.1, 0.15) is 26.7 Å². The van der Waals surface area contributed by atoms with Crippen LogP contribution >= 0.6 is 0 Å². The van der Waals surface area contributed by atoms with Crippen molar-refractivity contribution in [2.45, 2.75) is 26.7 Å². The topological polar surface area (TPSA) is 63.8 Å². The van der Waals surface area contributed by atoms with Gasteiger partial charge in [-0.15, -0.1) is 0 Å². The highest BCUT2D eigenvalue weighted by molar-refractivity contribution is 4.55. The van der Waals surface area contributed by atoms with Crippen LogP contribution in [0.25, 0.3) is 0 Å². The van der Waals surface area contributed by atoms with Gasteiger partial charge in [-0.25, -0.2) is 0 Å². The summed E-state index contributed by atoms with van der Waals surface area (Å²) in [6, 6.07) is 0. The van der Waals surface area contributed by atoms with Gasteiger partial charge in [0.25, 0.3) is 0 Å². The standard InChI is InChI=1S/C4H9N.C2H6.CH4O.H2O/c1-2-4-5-3-1;2*1-2;/h5H,1-4H2;1-2H3;2H,1H3;1H2. The molecule has 1 aliphatic rings. The fourth-order valence-corrected chi connectivity index (χ4v) is 0.625. The van der Waals surface area contributed by atoms with Gasteiger partial charge in [-0.05, 0) is 25.9 Å². The molecule has 0 unspecified atom stereocenters. The molecule has 0 amide bonds. The third-order valence-corrected chi connectivity index (χ3v) is 0.957. The van der Waals surface area contributed by atoms with Crippen LogP contribution in [0, 0.1) is 0 Å². The van der Waals surface area contributed by atoms with E-state index < -0.39 is 0 Å². The molecule has 0 aliphatic carbocycles. The second kappa shape index (κ2) is 23.2. The Hall–Kier alpha value is -0.120. The average Bonchev–Trinajstić information content (AvgIpc) is 2.51. The predicted molar refractivity (Wildman–Crippen MR) is 45.2 cm³/mol. The van der Waals surface area contributed by atoms with E-state index in [-0.39, 0.29) is 5.48 Å². The van der Waals surface area contributed by atoms with Crippen molar-refractivity contribution in [3.05, 3.63) is 0 Å². The third kappa shape index (κ3) is 15.7. The number of hydrogen-bond acceptors (Lipinski definition) is 2. The van der Waals surface area contributed by atoms with Gasteiger partial charge in [-0.2, -0.15) is 0 Å². The summed E-state index contributed by atoms with van der Waals surface area (Å²) < 4.78 is 0. The lowest BCUT2D eigenvalue weighted by Gasteiger charge is -1.76. The maximum atomic E-state index is 7.00. The van der Waals surface area contributed by atoms with Crippen molar-refractivity contribution in [3.63, 3.8) is 0 Å². The summed E-state index contributed by atoms with van der Waals surface area (Å²) >= 11 is 0. The van der Waals surface area contributed by atoms with Crippen LogP contribution in [-0.2, 0) is 0 Å². The van der Waals surface area contributed by atoms with Crippen LogP contribution in [-0.4, -0.2) is 30.8 Å². The van der Waals surface area contributed by atoms with E-state index in [4.69, 9.17) is 5.11 Å². The molecule has 0 aromatic carbocycles. The highest BCUT2D eigenvalue weighted by Crippen LogP contribution is 1.90. The van der Waals surface area contributed by atoms with Gasteiger partial charge in [0.1, 0.15) is 0 Å². The SMILES string of the molecule is C1CCNC1.CC.CO.O. The van der Waals surface area contributed by atoms with E-state index in [1.54, 1.807) is 0 Å². The lowest BCUT2D eigenvalue weighted by molar-refractivity contribution is 0.399. The minimum atomic E-state index is 0. The van der Waals surface area contributed by atoms with Crippen molar-refractivity contribution in [2.75, 3.05) is 20.2 Å². The Morgan fingerprint density at radius 1 is 1.00 bits per heavy atom. The summed E-state index contributed by atoms with van der Waals surface area (Å²) in [7, 11) is 1.00. The van der Waals surface area contributed by atoms with Gasteiger partial charge < -0.3 is 15.9 Å². The second-order valence-electron chi connectivity index (χ2n) is 1.46. The molecule has 66 valence electrons. The largest absolute Gasteiger partial charge is 0.412 e. The second-order valence-corrected chi connectivity index (χ2v) is 1.46. The Balaban J connectivity index is -0.0000000875. The zero-order chi connectivity index (χ0) is 7.54. The Morgan fingerprint density at radius 2 is 1.30 bits per heavy atom. The third-order valence-electron chi connectivity index (χ3n) is 0.957. The van der Waals surface area contributed by atoms with E-state index in [9.17, 15) is 0 Å². The molecule has 1 saturated heterocycles. The molecule has 0 radical (unpaired) electrons. The van der Waals surface area contributed by atoms with Gasteiger partial charge in [0, 0.05) is 7.11 Å². The molecule has 0 saturated carbocycles. The first-order valence-corrected chi connectivity index (χ1v) is 3.65. The minimum absolute atomic E-state index is 0. The van der Waals surface area contributed by atoms with Gasteiger partial charge in [0.2, 0.25) is 0 Å². The summed E-state index contributed by atoms with van der Waals surface area (Å²) in [5.74, 6) is 0. The molecule has 0 aromatic heterocycles. The number of hydrogen-bond donors (Lipinski definition) is 2. The first kappa shape index (κ1) is 16.5. The van der Waals surface area contributed by atoms with Crippen LogP contribution in [0.3, 0.4) is 0 Å². The van der Waals surface area contributed by atoms with Crippen LogP contribution in [0.15, 0.2) is 0 Å². The number of rotatable bonds is 0. The van der Waals surface area contributed by atoms with E-state index in [1.807, 2.05) is 13.8 Å². The molecular weight excluding hydrogens is 130 g/mol. The quantitative estimate of drug-likeness (QED) is 0.518. The molecule has 3 nitrogen and oxygen atoms in total. The smallest absolute Gasteiger partial charge is 0.0319 e. The molecule has 0 aromatic rings. The summed E-state index contributed by atoms with van der Waals surface area (Å²) in [5.41, 5.74) is 0. The molecule has 0 spiro atoms. The van der Waals surface area contributed by atoms with Crippen molar-refractivity contribution >= 4 is 0 Å². The first-order valence-electron chi connectivity index (χ1n) is 3.65. The Labute approximate surface area is 63.8 Å². The first-order chi connectivity index (χ1) is 4.50. The predicted octanol–water partition coefficient (Wildman–Crippen LogP) is 0.180. The highest BCUT2D eigenvalue weighted by Gasteiger charge is 1.93. The zero-order valence-corrected chi connectivity index (χ0v) is 7.28. The molecule has 1 fully saturated rings. The minimum Gasteiger partial charge on any atom is -0.412 e. The summed E-state index contributed by atoms with van der Waals surface area (Å²) in [5, 5.41) is 10.2. The molecule has 0 bridgehead atoms. The van der Waals surface area contributed by atoms with Crippen molar-refractivity contribution in [1.82, 2.24) is 5.32 Å². The fraction of sp³-hybridized carbons (Fsp3) is 1.00. The van der Waals surface area contributed by atoms with E-state index >= 15 is 0 Å². The van der Waals surface area contributed by atoms with Crippen molar-refractivity contribution in [2.24, 2.45) is 0 Å². The van der Waals surface area contributed by atoms with Gasteiger partial charge >= 0.3 is 0 Å². The van der Waals surface area contributed by atoms with Crippen LogP contribution in [0.2, 0.25) is 0 Å². The molecule has 0 atom stereocenters. The maximum Gasteiger partial charge on any atom is 0.0319 e. The van der Waals surface area contributed by atoms with Crippen LogP contribution in [0.5, 0.6) is 0 Å². The van der Waals surface area contributed by atoms with E-state index in [1.165, 1.54) is 25.9 Å². The average molecular weight is 151 g/mol. The summed E-state index contributed by atoms with van der Waals surface area (Å²) in [6.45, 7) is 6.50. The fourth-order valence-electron chi connectivity index (χ4n) is 0.625. The summed E-state index contributed by atoms with van der Waals surface area (Å²) in [6.07, 6.45) is 2.78. The van der Waals surface area contributed by atoms with Crippen molar-refractivity contribution in [3.8, 4) is 0 Å². The molecule has 1 aliphatic heterocycles. The van der Waals surface area contributed by atoms with Gasteiger partial charge in [-0.1, -0.05) is 13.8 Å². The van der Waals surface area contributed by atoms with Crippen LogP contribution in [0.4, 0.5) is 0 Å². The Bertz CT molecular complexity index is 23.2. The molecule has 1 rings (SSSR count). The molecular formula is C7H21NO2. The number of nitrogens with one attached hydrogen (secondary N) is 1. The Kier molecular flexibility index (Phi) is 38.1. The molecule has 4 N–H and O–H groups in total. The Morgan fingerprint density at radius 3 is 1.40 bits per heavy atom. The zero-order valence-electron chi connectivity index (χ0n) is 7.28. The van der Waals surface area contributed by atoms with E-state index in [2.05, 4.69) is 5.32 Å². The molecule has 1 heterocycles.